The lowest BCUT2D eigenvalue weighted by Crippen LogP contribution is -2.45. The summed E-state index contributed by atoms with van der Waals surface area (Å²) in [5.41, 5.74) is 1.92. The SMILES string of the molecule is CN1CCN(c2ncc3c(=O)n(CCc4ccccc4)ccc3n2)CC1. The Morgan fingerprint density at radius 3 is 2.58 bits per heavy atom. The Morgan fingerprint density at radius 2 is 1.81 bits per heavy atom. The molecule has 0 amide bonds. The molecular weight excluding hydrogens is 326 g/mol. The van der Waals surface area contributed by atoms with Gasteiger partial charge in [0.25, 0.3) is 5.56 Å². The van der Waals surface area contributed by atoms with Crippen LogP contribution in [0.5, 0.6) is 0 Å². The van der Waals surface area contributed by atoms with Gasteiger partial charge in [0.2, 0.25) is 5.95 Å². The van der Waals surface area contributed by atoms with E-state index in [1.54, 1.807) is 10.8 Å². The summed E-state index contributed by atoms with van der Waals surface area (Å²) in [5, 5.41) is 0.582. The largest absolute Gasteiger partial charge is 0.338 e. The Balaban J connectivity index is 1.56. The first-order valence-electron chi connectivity index (χ1n) is 9.04. The summed E-state index contributed by atoms with van der Waals surface area (Å²) >= 11 is 0. The fraction of sp³-hybridized carbons (Fsp3) is 0.350. The lowest BCUT2D eigenvalue weighted by Gasteiger charge is -2.32. The van der Waals surface area contributed by atoms with Gasteiger partial charge in [0.1, 0.15) is 0 Å². The number of hydrogen-bond acceptors (Lipinski definition) is 5. The van der Waals surface area contributed by atoms with Crippen LogP contribution in [0.4, 0.5) is 5.95 Å². The van der Waals surface area contributed by atoms with Crippen LogP contribution in [0, 0.1) is 0 Å². The third-order valence-electron chi connectivity index (χ3n) is 4.98. The summed E-state index contributed by atoms with van der Waals surface area (Å²) in [4.78, 5) is 26.3. The van der Waals surface area contributed by atoms with Crippen LogP contribution in [-0.4, -0.2) is 52.7 Å². The number of pyridine rings is 1. The zero-order valence-corrected chi connectivity index (χ0v) is 15.0. The van der Waals surface area contributed by atoms with E-state index in [-0.39, 0.29) is 5.56 Å². The van der Waals surface area contributed by atoms with Crippen LogP contribution >= 0.6 is 0 Å². The van der Waals surface area contributed by atoms with Crippen LogP contribution in [0.1, 0.15) is 5.56 Å². The van der Waals surface area contributed by atoms with E-state index in [1.165, 1.54) is 5.56 Å². The highest BCUT2D eigenvalue weighted by atomic mass is 16.1. The van der Waals surface area contributed by atoms with E-state index in [1.807, 2.05) is 30.5 Å². The maximum absolute atomic E-state index is 12.7. The molecule has 3 heterocycles. The second kappa shape index (κ2) is 7.25. The number of hydrogen-bond donors (Lipinski definition) is 0. The third kappa shape index (κ3) is 3.46. The molecule has 26 heavy (non-hydrogen) atoms. The van der Waals surface area contributed by atoms with Gasteiger partial charge in [-0.2, -0.15) is 0 Å². The van der Waals surface area contributed by atoms with Crippen molar-refractivity contribution in [2.45, 2.75) is 13.0 Å². The number of likely N-dealkylation sites (N-methyl/N-ethyl adjacent to an activating group) is 1. The lowest BCUT2D eigenvalue weighted by molar-refractivity contribution is 0.311. The molecular formula is C20H23N5O. The predicted molar refractivity (Wildman–Crippen MR) is 104 cm³/mol. The van der Waals surface area contributed by atoms with Crippen molar-refractivity contribution in [3.63, 3.8) is 0 Å². The third-order valence-corrected chi connectivity index (χ3v) is 4.98. The standard InChI is InChI=1S/C20H23N5O/c1-23-11-13-25(14-12-23)20-21-15-17-18(22-20)8-10-24(19(17)26)9-7-16-5-3-2-4-6-16/h2-6,8,10,15H,7,9,11-14H2,1H3. The number of anilines is 1. The molecule has 0 aliphatic carbocycles. The average molecular weight is 349 g/mol. The minimum atomic E-state index is -0.0247. The van der Waals surface area contributed by atoms with Gasteiger partial charge in [0, 0.05) is 45.1 Å². The second-order valence-electron chi connectivity index (χ2n) is 6.81. The van der Waals surface area contributed by atoms with Crippen molar-refractivity contribution in [2.75, 3.05) is 38.1 Å². The van der Waals surface area contributed by atoms with E-state index in [0.717, 1.165) is 38.1 Å². The van der Waals surface area contributed by atoms with Crippen molar-refractivity contribution in [3.8, 4) is 0 Å². The molecule has 4 rings (SSSR count). The maximum Gasteiger partial charge on any atom is 0.261 e. The molecule has 6 heteroatoms. The fourth-order valence-electron chi connectivity index (χ4n) is 3.29. The van der Waals surface area contributed by atoms with Crippen LogP contribution < -0.4 is 10.5 Å². The molecule has 0 bridgehead atoms. The molecule has 0 unspecified atom stereocenters. The van der Waals surface area contributed by atoms with Crippen LogP contribution in [-0.2, 0) is 13.0 Å². The molecule has 0 atom stereocenters. The molecule has 0 saturated carbocycles. The Hall–Kier alpha value is -2.73. The van der Waals surface area contributed by atoms with Gasteiger partial charge in [-0.25, -0.2) is 9.97 Å². The molecule has 0 spiro atoms. The summed E-state index contributed by atoms with van der Waals surface area (Å²) in [7, 11) is 2.12. The fourth-order valence-corrected chi connectivity index (χ4v) is 3.29. The number of aryl methyl sites for hydroxylation is 2. The van der Waals surface area contributed by atoms with Crippen molar-refractivity contribution in [1.82, 2.24) is 19.4 Å². The topological polar surface area (TPSA) is 54.3 Å². The minimum absolute atomic E-state index is 0.0247. The first-order chi connectivity index (χ1) is 12.7. The van der Waals surface area contributed by atoms with Crippen LogP contribution in [0.3, 0.4) is 0 Å². The average Bonchev–Trinajstić information content (AvgIpc) is 2.69. The van der Waals surface area contributed by atoms with E-state index >= 15 is 0 Å². The van der Waals surface area contributed by atoms with Crippen LogP contribution in [0.25, 0.3) is 10.9 Å². The first kappa shape index (κ1) is 16.7. The Labute approximate surface area is 152 Å². The highest BCUT2D eigenvalue weighted by Crippen LogP contribution is 2.14. The van der Waals surface area contributed by atoms with Gasteiger partial charge in [0.05, 0.1) is 10.9 Å². The van der Waals surface area contributed by atoms with Gasteiger partial charge in [-0.3, -0.25) is 4.79 Å². The predicted octanol–water partition coefficient (Wildman–Crippen LogP) is 1.79. The number of aromatic nitrogens is 3. The molecule has 1 aromatic carbocycles. The van der Waals surface area contributed by atoms with Crippen LogP contribution in [0.2, 0.25) is 0 Å². The smallest absolute Gasteiger partial charge is 0.261 e. The van der Waals surface area contributed by atoms with Gasteiger partial charge in [0.15, 0.2) is 0 Å². The molecule has 1 aliphatic heterocycles. The van der Waals surface area contributed by atoms with E-state index in [0.29, 0.717) is 17.9 Å². The molecule has 1 saturated heterocycles. The number of rotatable bonds is 4. The first-order valence-corrected chi connectivity index (χ1v) is 9.04. The van der Waals surface area contributed by atoms with E-state index < -0.39 is 0 Å². The summed E-state index contributed by atoms with van der Waals surface area (Å²) in [6.45, 7) is 4.48. The zero-order chi connectivity index (χ0) is 17.9. The summed E-state index contributed by atoms with van der Waals surface area (Å²) in [6, 6.07) is 12.1. The summed E-state index contributed by atoms with van der Waals surface area (Å²) in [5.74, 6) is 0.715. The van der Waals surface area contributed by atoms with Crippen molar-refractivity contribution in [1.29, 1.82) is 0 Å². The van der Waals surface area contributed by atoms with E-state index in [2.05, 4.69) is 38.9 Å². The Morgan fingerprint density at radius 1 is 1.04 bits per heavy atom. The Kier molecular flexibility index (Phi) is 4.67. The molecule has 134 valence electrons. The summed E-state index contributed by atoms with van der Waals surface area (Å²) < 4.78 is 1.74. The van der Waals surface area contributed by atoms with E-state index in [9.17, 15) is 4.79 Å². The Bertz CT molecular complexity index is 945. The van der Waals surface area contributed by atoms with Gasteiger partial charge in [-0.15, -0.1) is 0 Å². The van der Waals surface area contributed by atoms with Gasteiger partial charge >= 0.3 is 0 Å². The quantitative estimate of drug-likeness (QED) is 0.719. The molecule has 0 radical (unpaired) electrons. The molecule has 1 fully saturated rings. The minimum Gasteiger partial charge on any atom is -0.338 e. The van der Waals surface area contributed by atoms with Crippen molar-refractivity contribution in [2.24, 2.45) is 0 Å². The molecule has 3 aromatic rings. The normalized spacial score (nSPS) is 15.5. The molecule has 1 aliphatic rings. The number of nitrogens with zero attached hydrogens (tertiary/aromatic N) is 5. The van der Waals surface area contributed by atoms with Gasteiger partial charge in [-0.05, 0) is 25.1 Å². The van der Waals surface area contributed by atoms with Gasteiger partial charge < -0.3 is 14.4 Å². The lowest BCUT2D eigenvalue weighted by atomic mass is 10.1. The van der Waals surface area contributed by atoms with Crippen molar-refractivity contribution < 1.29 is 0 Å². The monoisotopic (exact) mass is 349 g/mol. The van der Waals surface area contributed by atoms with Crippen molar-refractivity contribution in [3.05, 3.63) is 64.7 Å². The molecule has 2 aromatic heterocycles. The molecule has 6 nitrogen and oxygen atoms in total. The number of benzene rings is 1. The maximum atomic E-state index is 12.7. The second-order valence-corrected chi connectivity index (χ2v) is 6.81. The van der Waals surface area contributed by atoms with Gasteiger partial charge in [-0.1, -0.05) is 30.3 Å². The highest BCUT2D eigenvalue weighted by molar-refractivity contribution is 5.77. The zero-order valence-electron chi connectivity index (χ0n) is 15.0. The van der Waals surface area contributed by atoms with Crippen LogP contribution in [0.15, 0.2) is 53.6 Å². The number of piperazine rings is 1. The summed E-state index contributed by atoms with van der Waals surface area (Å²) in [6.07, 6.45) is 4.35. The highest BCUT2D eigenvalue weighted by Gasteiger charge is 2.17. The van der Waals surface area contributed by atoms with Crippen molar-refractivity contribution >= 4 is 16.9 Å². The van der Waals surface area contributed by atoms with E-state index in [4.69, 9.17) is 0 Å². The molecule has 0 N–H and O–H groups in total. The number of fused-ring (bicyclic) bond motifs is 1.